The Kier molecular flexibility index (Phi) is 6.29. The van der Waals surface area contributed by atoms with Crippen LogP contribution in [0.15, 0.2) is 41.0 Å². The van der Waals surface area contributed by atoms with Crippen molar-refractivity contribution >= 4 is 39.1 Å². The minimum Gasteiger partial charge on any atom is -0.493 e. The molecule has 0 aliphatic heterocycles. The quantitative estimate of drug-likeness (QED) is 0.753. The van der Waals surface area contributed by atoms with Crippen molar-refractivity contribution in [1.82, 2.24) is 4.98 Å². The summed E-state index contributed by atoms with van der Waals surface area (Å²) in [6.45, 7) is 2.75. The van der Waals surface area contributed by atoms with Crippen molar-refractivity contribution in [3.8, 4) is 5.75 Å². The van der Waals surface area contributed by atoms with Crippen LogP contribution in [-0.2, 0) is 6.42 Å². The molecule has 0 fully saturated rings. The SMILES string of the molecule is CCOc1cccc(F)c1CCN(C(N)=S)c1ccc(Br)cn1. The zero-order valence-corrected chi connectivity index (χ0v) is 15.0. The highest BCUT2D eigenvalue weighted by Gasteiger charge is 2.15. The second-order valence-electron chi connectivity index (χ2n) is 4.72. The highest BCUT2D eigenvalue weighted by Crippen LogP contribution is 2.23. The summed E-state index contributed by atoms with van der Waals surface area (Å²) in [7, 11) is 0. The van der Waals surface area contributed by atoms with E-state index in [1.165, 1.54) is 6.07 Å². The summed E-state index contributed by atoms with van der Waals surface area (Å²) in [4.78, 5) is 5.95. The van der Waals surface area contributed by atoms with Crippen LogP contribution in [0.3, 0.4) is 0 Å². The number of rotatable bonds is 6. The fourth-order valence-electron chi connectivity index (χ4n) is 2.16. The van der Waals surface area contributed by atoms with E-state index in [-0.39, 0.29) is 10.9 Å². The fraction of sp³-hybridized carbons (Fsp3) is 0.250. The summed E-state index contributed by atoms with van der Waals surface area (Å²) in [5.41, 5.74) is 6.29. The Bertz CT molecular complexity index is 682. The number of pyridine rings is 1. The van der Waals surface area contributed by atoms with Crippen LogP contribution < -0.4 is 15.4 Å². The van der Waals surface area contributed by atoms with Gasteiger partial charge in [0.15, 0.2) is 5.11 Å². The van der Waals surface area contributed by atoms with Gasteiger partial charge in [-0.05, 0) is 65.8 Å². The van der Waals surface area contributed by atoms with Crippen LogP contribution >= 0.6 is 28.1 Å². The van der Waals surface area contributed by atoms with E-state index in [1.54, 1.807) is 29.3 Å². The number of benzene rings is 1. The zero-order chi connectivity index (χ0) is 16.8. The van der Waals surface area contributed by atoms with Crippen molar-refractivity contribution in [2.45, 2.75) is 13.3 Å². The molecule has 23 heavy (non-hydrogen) atoms. The normalized spacial score (nSPS) is 10.4. The molecule has 2 rings (SSSR count). The minimum absolute atomic E-state index is 0.189. The number of aromatic nitrogens is 1. The van der Waals surface area contributed by atoms with E-state index in [2.05, 4.69) is 20.9 Å². The van der Waals surface area contributed by atoms with Crippen molar-refractivity contribution in [1.29, 1.82) is 0 Å². The third-order valence-corrected chi connectivity index (χ3v) is 3.90. The first kappa shape index (κ1) is 17.6. The molecule has 1 aromatic carbocycles. The van der Waals surface area contributed by atoms with E-state index in [0.29, 0.717) is 36.7 Å². The van der Waals surface area contributed by atoms with Gasteiger partial charge in [-0.2, -0.15) is 0 Å². The Labute approximate surface area is 148 Å². The lowest BCUT2D eigenvalue weighted by Crippen LogP contribution is -2.37. The van der Waals surface area contributed by atoms with Crippen LogP contribution in [-0.4, -0.2) is 23.2 Å². The second kappa shape index (κ2) is 8.21. The zero-order valence-electron chi connectivity index (χ0n) is 12.6. The van der Waals surface area contributed by atoms with Gasteiger partial charge < -0.3 is 15.4 Å². The first-order chi connectivity index (χ1) is 11.0. The van der Waals surface area contributed by atoms with Gasteiger partial charge >= 0.3 is 0 Å². The molecule has 0 atom stereocenters. The third kappa shape index (κ3) is 4.62. The number of nitrogens with zero attached hydrogens (tertiary/aromatic N) is 2. The van der Waals surface area contributed by atoms with E-state index in [4.69, 9.17) is 22.7 Å². The lowest BCUT2D eigenvalue weighted by atomic mass is 10.1. The maximum atomic E-state index is 14.1. The fourth-order valence-corrected chi connectivity index (χ4v) is 2.58. The van der Waals surface area contributed by atoms with Crippen LogP contribution in [0.25, 0.3) is 0 Å². The van der Waals surface area contributed by atoms with Gasteiger partial charge in [0.05, 0.1) is 6.61 Å². The van der Waals surface area contributed by atoms with Crippen molar-refractivity contribution in [3.63, 3.8) is 0 Å². The average molecular weight is 398 g/mol. The molecule has 1 heterocycles. The van der Waals surface area contributed by atoms with E-state index in [0.717, 1.165) is 4.47 Å². The van der Waals surface area contributed by atoms with Gasteiger partial charge in [0.25, 0.3) is 0 Å². The number of ether oxygens (including phenoxy) is 1. The summed E-state index contributed by atoms with van der Waals surface area (Å²) in [5, 5.41) is 0.189. The van der Waals surface area contributed by atoms with Crippen LogP contribution in [0, 0.1) is 5.82 Å². The molecule has 0 saturated carbocycles. The highest BCUT2D eigenvalue weighted by molar-refractivity contribution is 9.10. The van der Waals surface area contributed by atoms with Gasteiger partial charge in [-0.3, -0.25) is 0 Å². The maximum Gasteiger partial charge on any atom is 0.171 e. The lowest BCUT2D eigenvalue weighted by molar-refractivity contribution is 0.334. The molecular formula is C16H17BrFN3OS. The molecule has 0 spiro atoms. The standard InChI is InChI=1S/C16H17BrFN3OS/c1-2-22-14-5-3-4-13(18)12(14)8-9-21(16(19)23)15-7-6-11(17)10-20-15/h3-7,10H,2,8-9H2,1H3,(H2,19,23). The summed E-state index contributed by atoms with van der Waals surface area (Å²) in [6, 6.07) is 8.45. The van der Waals surface area contributed by atoms with E-state index < -0.39 is 0 Å². The predicted octanol–water partition coefficient (Wildman–Crippen LogP) is 3.67. The average Bonchev–Trinajstić information content (AvgIpc) is 2.51. The first-order valence-corrected chi connectivity index (χ1v) is 8.31. The Hall–Kier alpha value is -1.73. The summed E-state index contributed by atoms with van der Waals surface area (Å²) in [5.74, 6) is 0.858. The molecule has 0 aliphatic rings. The smallest absolute Gasteiger partial charge is 0.171 e. The van der Waals surface area contributed by atoms with E-state index in [1.807, 2.05) is 13.0 Å². The van der Waals surface area contributed by atoms with E-state index >= 15 is 0 Å². The number of nitrogens with two attached hydrogens (primary N) is 1. The molecule has 7 heteroatoms. The molecule has 0 radical (unpaired) electrons. The number of anilines is 1. The molecule has 0 unspecified atom stereocenters. The summed E-state index contributed by atoms with van der Waals surface area (Å²) in [6.07, 6.45) is 2.06. The van der Waals surface area contributed by atoms with Gasteiger partial charge in [-0.1, -0.05) is 6.07 Å². The largest absolute Gasteiger partial charge is 0.493 e. The van der Waals surface area contributed by atoms with Crippen molar-refractivity contribution in [2.24, 2.45) is 5.73 Å². The summed E-state index contributed by atoms with van der Waals surface area (Å²) < 4.78 is 20.4. The van der Waals surface area contributed by atoms with Gasteiger partial charge in [-0.15, -0.1) is 0 Å². The molecule has 2 N–H and O–H groups in total. The van der Waals surface area contributed by atoms with Gasteiger partial charge in [0, 0.05) is 22.8 Å². The number of thiocarbonyl (C=S) groups is 1. The molecule has 122 valence electrons. The Morgan fingerprint density at radius 3 is 2.78 bits per heavy atom. The number of hydrogen-bond acceptors (Lipinski definition) is 3. The Balaban J connectivity index is 2.20. The van der Waals surface area contributed by atoms with E-state index in [9.17, 15) is 4.39 Å². The topological polar surface area (TPSA) is 51.4 Å². The highest BCUT2D eigenvalue weighted by atomic mass is 79.9. The molecule has 0 bridgehead atoms. The lowest BCUT2D eigenvalue weighted by Gasteiger charge is -2.22. The van der Waals surface area contributed by atoms with Crippen LogP contribution in [0.5, 0.6) is 5.75 Å². The molecule has 2 aromatic rings. The maximum absolute atomic E-state index is 14.1. The van der Waals surface area contributed by atoms with Crippen LogP contribution in [0.1, 0.15) is 12.5 Å². The van der Waals surface area contributed by atoms with Crippen molar-refractivity contribution in [2.75, 3.05) is 18.1 Å². The molecule has 0 amide bonds. The predicted molar refractivity (Wildman–Crippen MR) is 97.3 cm³/mol. The van der Waals surface area contributed by atoms with Gasteiger partial charge in [0.2, 0.25) is 0 Å². The molecule has 1 aromatic heterocycles. The van der Waals surface area contributed by atoms with Crippen molar-refractivity contribution < 1.29 is 9.13 Å². The monoisotopic (exact) mass is 397 g/mol. The first-order valence-electron chi connectivity index (χ1n) is 7.11. The molecular weight excluding hydrogens is 381 g/mol. The molecule has 4 nitrogen and oxygen atoms in total. The number of hydrogen-bond donors (Lipinski definition) is 1. The van der Waals surface area contributed by atoms with Crippen LogP contribution in [0.2, 0.25) is 0 Å². The molecule has 0 saturated heterocycles. The number of halogens is 2. The Morgan fingerprint density at radius 1 is 1.39 bits per heavy atom. The minimum atomic E-state index is -0.303. The third-order valence-electron chi connectivity index (χ3n) is 3.22. The van der Waals surface area contributed by atoms with Gasteiger partial charge in [-0.25, -0.2) is 9.37 Å². The van der Waals surface area contributed by atoms with Crippen molar-refractivity contribution in [3.05, 3.63) is 52.4 Å². The Morgan fingerprint density at radius 2 is 2.17 bits per heavy atom. The van der Waals surface area contributed by atoms with Gasteiger partial charge in [0.1, 0.15) is 17.4 Å². The molecule has 0 aliphatic carbocycles. The van der Waals surface area contributed by atoms with Crippen LogP contribution in [0.4, 0.5) is 10.2 Å². The second-order valence-corrected chi connectivity index (χ2v) is 6.06. The summed E-state index contributed by atoms with van der Waals surface area (Å²) >= 11 is 8.42.